The summed E-state index contributed by atoms with van der Waals surface area (Å²) in [6.45, 7) is 21.3. The number of allylic oxidation sites excluding steroid dienone is 2. The Morgan fingerprint density at radius 2 is 1.59 bits per heavy atom. The lowest BCUT2D eigenvalue weighted by Gasteiger charge is -2.72. The molecule has 56 heavy (non-hydrogen) atoms. The Morgan fingerprint density at radius 1 is 0.893 bits per heavy atom. The maximum atomic E-state index is 15.1. The molecule has 1 aromatic rings. The number of aliphatic hydroxyl groups excluding tert-OH is 1. The molecular formula is C48H71NO7. The van der Waals surface area contributed by atoms with E-state index in [1.54, 1.807) is 13.8 Å². The number of benzene rings is 1. The number of hydrogen-bond donors (Lipinski definition) is 2. The van der Waals surface area contributed by atoms with Crippen LogP contribution in [0, 0.1) is 56.2 Å². The summed E-state index contributed by atoms with van der Waals surface area (Å²) >= 11 is 0. The van der Waals surface area contributed by atoms with Gasteiger partial charge in [-0.2, -0.15) is 0 Å². The van der Waals surface area contributed by atoms with Crippen LogP contribution in [0.3, 0.4) is 0 Å². The van der Waals surface area contributed by atoms with Gasteiger partial charge in [0, 0.05) is 25.0 Å². The SMILES string of the molecule is CC(C)C1=C2C3CCC4[C@@]5(C)CC[C@H](OC(=O)CC(C)(C)C(=O)O)C(C)(C)[C@@H]5CC[C@@]4(C)[C@]3(C)CC[C@@]2(C(=O)CN(CCCCO)Cc2ccccc2)CC1=O. The lowest BCUT2D eigenvalue weighted by molar-refractivity contribution is -0.233. The van der Waals surface area contributed by atoms with Gasteiger partial charge in [0.05, 0.1) is 23.8 Å². The molecule has 8 atom stereocenters. The first-order valence-corrected chi connectivity index (χ1v) is 21.8. The van der Waals surface area contributed by atoms with Gasteiger partial charge in [0.15, 0.2) is 11.6 Å². The van der Waals surface area contributed by atoms with Gasteiger partial charge < -0.3 is 14.9 Å². The average molecular weight is 774 g/mol. The highest BCUT2D eigenvalue weighted by Gasteiger charge is 2.71. The number of ketones is 2. The minimum Gasteiger partial charge on any atom is -0.481 e. The van der Waals surface area contributed by atoms with Crippen LogP contribution < -0.4 is 0 Å². The summed E-state index contributed by atoms with van der Waals surface area (Å²) < 4.78 is 6.18. The largest absolute Gasteiger partial charge is 0.481 e. The number of carboxylic acids is 1. The molecule has 0 spiro atoms. The molecule has 5 aliphatic rings. The predicted molar refractivity (Wildman–Crippen MR) is 218 cm³/mol. The number of nitrogens with zero attached hydrogens (tertiary/aromatic N) is 1. The zero-order valence-corrected chi connectivity index (χ0v) is 36.0. The number of rotatable bonds is 14. The van der Waals surface area contributed by atoms with Gasteiger partial charge in [0.1, 0.15) is 6.10 Å². The fourth-order valence-corrected chi connectivity index (χ4v) is 13.6. The Hall–Kier alpha value is -2.84. The number of hydrogen-bond acceptors (Lipinski definition) is 7. The number of aliphatic carboxylic acids is 1. The van der Waals surface area contributed by atoms with Crippen molar-refractivity contribution in [3.8, 4) is 0 Å². The molecule has 4 fully saturated rings. The Bertz CT molecular complexity index is 1710. The first-order chi connectivity index (χ1) is 26.2. The highest BCUT2D eigenvalue weighted by atomic mass is 16.5. The molecule has 6 rings (SSSR count). The van der Waals surface area contributed by atoms with Crippen LogP contribution >= 0.6 is 0 Å². The molecule has 1 aromatic carbocycles. The molecule has 4 saturated carbocycles. The third-order valence-corrected chi connectivity index (χ3v) is 16.8. The van der Waals surface area contributed by atoms with Crippen molar-refractivity contribution in [1.29, 1.82) is 0 Å². The van der Waals surface area contributed by atoms with Gasteiger partial charge in [0.25, 0.3) is 0 Å². The van der Waals surface area contributed by atoms with Crippen LogP contribution in [-0.4, -0.2) is 64.4 Å². The van der Waals surface area contributed by atoms with Crippen molar-refractivity contribution in [2.75, 3.05) is 19.7 Å². The van der Waals surface area contributed by atoms with Crippen LogP contribution in [0.25, 0.3) is 0 Å². The van der Waals surface area contributed by atoms with Gasteiger partial charge in [-0.1, -0.05) is 78.8 Å². The zero-order valence-electron chi connectivity index (χ0n) is 36.0. The van der Waals surface area contributed by atoms with Crippen LogP contribution in [0.15, 0.2) is 41.5 Å². The predicted octanol–water partition coefficient (Wildman–Crippen LogP) is 9.22. The van der Waals surface area contributed by atoms with E-state index in [9.17, 15) is 24.6 Å². The number of aliphatic hydroxyl groups is 1. The summed E-state index contributed by atoms with van der Waals surface area (Å²) in [7, 11) is 0. The summed E-state index contributed by atoms with van der Waals surface area (Å²) in [5.74, 6) is -0.0354. The molecule has 0 aliphatic heterocycles. The first-order valence-electron chi connectivity index (χ1n) is 21.8. The van der Waals surface area contributed by atoms with Crippen LogP contribution in [0.2, 0.25) is 0 Å². The van der Waals surface area contributed by atoms with E-state index in [1.165, 1.54) is 5.57 Å². The second-order valence-corrected chi connectivity index (χ2v) is 21.0. The van der Waals surface area contributed by atoms with Crippen molar-refractivity contribution in [1.82, 2.24) is 4.90 Å². The number of unbranched alkanes of at least 4 members (excludes halogenated alkanes) is 1. The van der Waals surface area contributed by atoms with Crippen LogP contribution in [0.4, 0.5) is 0 Å². The van der Waals surface area contributed by atoms with Crippen LogP contribution in [0.1, 0.15) is 145 Å². The van der Waals surface area contributed by atoms with Gasteiger partial charge in [-0.3, -0.25) is 24.1 Å². The average Bonchev–Trinajstić information content (AvgIpc) is 3.43. The molecule has 0 bridgehead atoms. The quantitative estimate of drug-likeness (QED) is 0.142. The summed E-state index contributed by atoms with van der Waals surface area (Å²) in [5, 5.41) is 19.2. The van der Waals surface area contributed by atoms with Crippen molar-refractivity contribution < 1.29 is 34.1 Å². The van der Waals surface area contributed by atoms with Gasteiger partial charge in [-0.25, -0.2) is 0 Å². The maximum absolute atomic E-state index is 15.1. The fraction of sp³-hybridized carbons (Fsp3) is 0.750. The normalized spacial score (nSPS) is 35.1. The molecule has 0 amide bonds. The first kappa shape index (κ1) is 42.8. The highest BCUT2D eigenvalue weighted by Crippen LogP contribution is 2.76. The monoisotopic (exact) mass is 774 g/mol. The second kappa shape index (κ2) is 15.4. The van der Waals surface area contributed by atoms with Gasteiger partial charge in [0.2, 0.25) is 0 Å². The van der Waals surface area contributed by atoms with E-state index < -0.39 is 22.8 Å². The molecule has 8 nitrogen and oxygen atoms in total. The Morgan fingerprint density at radius 3 is 2.23 bits per heavy atom. The standard InChI is InChI=1S/C48H71NO7/c1-31(2)40-34(51)27-48(37(52)30-49(25-13-14-26-50)29-32-15-11-10-12-16-32)24-23-46(8)33(41(40)48)17-18-36-45(7)21-20-38(56-39(53)28-43(3,4)42(54)55)44(5,6)35(45)19-22-47(36,46)9/h10-12,15-16,31,33,35-36,38,50H,13-14,17-30H2,1-9H3,(H,54,55)/t33?,35-,36?,38-,45-,46+,47+,48-/m0/s1. The van der Waals surface area contributed by atoms with Gasteiger partial charge in [-0.05, 0) is 141 Å². The molecule has 0 saturated heterocycles. The molecule has 0 radical (unpaired) electrons. The Labute approximate surface area is 336 Å². The number of ether oxygens (including phenoxy) is 1. The smallest absolute Gasteiger partial charge is 0.309 e. The van der Waals surface area contributed by atoms with E-state index in [-0.39, 0.29) is 64.2 Å². The lowest BCUT2D eigenvalue weighted by atomic mass is 9.33. The van der Waals surface area contributed by atoms with Crippen molar-refractivity contribution >= 4 is 23.5 Å². The van der Waals surface area contributed by atoms with Crippen LogP contribution in [0.5, 0.6) is 0 Å². The second-order valence-electron chi connectivity index (χ2n) is 21.0. The highest BCUT2D eigenvalue weighted by molar-refractivity contribution is 6.07. The summed E-state index contributed by atoms with van der Waals surface area (Å²) in [4.78, 5) is 56.5. The topological polar surface area (TPSA) is 121 Å². The fourth-order valence-electron chi connectivity index (χ4n) is 13.6. The number of fused-ring (bicyclic) bond motifs is 7. The Kier molecular flexibility index (Phi) is 11.8. The lowest BCUT2D eigenvalue weighted by Crippen LogP contribution is -2.66. The zero-order chi connectivity index (χ0) is 41.1. The molecule has 8 heteroatoms. The van der Waals surface area contributed by atoms with E-state index in [4.69, 9.17) is 4.74 Å². The van der Waals surface area contributed by atoms with Gasteiger partial charge in [-0.15, -0.1) is 0 Å². The van der Waals surface area contributed by atoms with E-state index in [2.05, 4.69) is 65.5 Å². The van der Waals surface area contributed by atoms with E-state index in [0.29, 0.717) is 44.2 Å². The van der Waals surface area contributed by atoms with Gasteiger partial charge >= 0.3 is 11.9 Å². The number of Topliss-reactive ketones (excluding diaryl/α,β-unsaturated/α-hetero) is 2. The minimum absolute atomic E-state index is 0.00580. The van der Waals surface area contributed by atoms with Crippen LogP contribution in [-0.2, 0) is 30.5 Å². The molecule has 2 unspecified atom stereocenters. The molecule has 0 heterocycles. The maximum Gasteiger partial charge on any atom is 0.309 e. The third kappa shape index (κ3) is 7.05. The summed E-state index contributed by atoms with van der Waals surface area (Å²) in [5.41, 5.74) is 1.05. The Balaban J connectivity index is 1.28. The number of carboxylic acid groups (broad SMARTS) is 1. The van der Waals surface area contributed by atoms with Crippen molar-refractivity contribution in [2.45, 2.75) is 152 Å². The van der Waals surface area contributed by atoms with Crippen molar-refractivity contribution in [3.05, 3.63) is 47.0 Å². The molecule has 0 aromatic heterocycles. The molecular weight excluding hydrogens is 703 g/mol. The van der Waals surface area contributed by atoms with E-state index >= 15 is 4.79 Å². The molecule has 2 N–H and O–H groups in total. The minimum atomic E-state index is -1.18. The number of carbonyl (C=O) groups excluding carboxylic acids is 3. The van der Waals surface area contributed by atoms with Crippen molar-refractivity contribution in [2.24, 2.45) is 56.2 Å². The summed E-state index contributed by atoms with van der Waals surface area (Å²) in [6.07, 6.45) is 8.85. The summed E-state index contributed by atoms with van der Waals surface area (Å²) in [6, 6.07) is 10.3. The number of carbonyl (C=O) groups is 4. The number of esters is 1. The van der Waals surface area contributed by atoms with E-state index in [1.807, 2.05) is 18.2 Å². The van der Waals surface area contributed by atoms with E-state index in [0.717, 1.165) is 69.0 Å². The third-order valence-electron chi connectivity index (χ3n) is 16.8. The molecule has 310 valence electrons. The van der Waals surface area contributed by atoms with Crippen molar-refractivity contribution in [3.63, 3.8) is 0 Å². The molecule has 5 aliphatic carbocycles.